The van der Waals surface area contributed by atoms with Gasteiger partial charge in [-0.15, -0.1) is 0 Å². The summed E-state index contributed by atoms with van der Waals surface area (Å²) in [5.41, 5.74) is 4.97. The van der Waals surface area contributed by atoms with E-state index in [0.717, 1.165) is 32.5 Å². The third-order valence-electron chi connectivity index (χ3n) is 4.09. The Bertz CT molecular complexity index is 892. The lowest BCUT2D eigenvalue weighted by molar-refractivity contribution is 0.249. The van der Waals surface area contributed by atoms with Gasteiger partial charge in [0.25, 0.3) is 0 Å². The minimum Gasteiger partial charge on any atom is -0.331 e. The van der Waals surface area contributed by atoms with Gasteiger partial charge in [0.2, 0.25) is 0 Å². The Balaban J connectivity index is 1.61. The van der Waals surface area contributed by atoms with E-state index in [1.165, 1.54) is 0 Å². The number of hydrogen-bond donors (Lipinski definition) is 2. The van der Waals surface area contributed by atoms with Gasteiger partial charge in [-0.25, -0.2) is 4.79 Å². The van der Waals surface area contributed by atoms with Gasteiger partial charge in [0.1, 0.15) is 0 Å². The highest BCUT2D eigenvalue weighted by molar-refractivity contribution is 9.10. The summed E-state index contributed by atoms with van der Waals surface area (Å²) in [5, 5.41) is 5.82. The maximum absolute atomic E-state index is 12.2. The van der Waals surface area contributed by atoms with Crippen molar-refractivity contribution in [1.29, 1.82) is 0 Å². The largest absolute Gasteiger partial charge is 0.331 e. The van der Waals surface area contributed by atoms with Crippen LogP contribution in [0.2, 0.25) is 0 Å². The maximum Gasteiger partial charge on any atom is 0.319 e. The molecule has 0 saturated carbocycles. The van der Waals surface area contributed by atoms with Crippen LogP contribution in [-0.2, 0) is 0 Å². The second-order valence-electron chi connectivity index (χ2n) is 6.13. The molecule has 2 amide bonds. The van der Waals surface area contributed by atoms with E-state index in [0.29, 0.717) is 0 Å². The van der Waals surface area contributed by atoms with Gasteiger partial charge in [0.15, 0.2) is 0 Å². The quantitative estimate of drug-likeness (QED) is 0.580. The topological polar surface area (TPSA) is 54.0 Å². The lowest BCUT2D eigenvalue weighted by atomic mass is 10.1. The predicted octanol–water partition coefficient (Wildman–Crippen LogP) is 5.70. The number of hydrogen-bond acceptors (Lipinski definition) is 2. The molecule has 5 heteroatoms. The van der Waals surface area contributed by atoms with E-state index in [1.54, 1.807) is 6.20 Å². The molecule has 26 heavy (non-hydrogen) atoms. The van der Waals surface area contributed by atoms with E-state index in [9.17, 15) is 4.79 Å². The summed E-state index contributed by atoms with van der Waals surface area (Å²) in [5.74, 6) is 0. The van der Waals surface area contributed by atoms with Crippen LogP contribution in [0.3, 0.4) is 0 Å². The van der Waals surface area contributed by atoms with Crippen molar-refractivity contribution in [2.24, 2.45) is 0 Å². The first-order chi connectivity index (χ1) is 12.5. The van der Waals surface area contributed by atoms with Crippen LogP contribution in [0.5, 0.6) is 0 Å². The van der Waals surface area contributed by atoms with E-state index in [-0.39, 0.29) is 12.1 Å². The van der Waals surface area contributed by atoms with Gasteiger partial charge in [0, 0.05) is 22.1 Å². The first kappa shape index (κ1) is 18.1. The fraction of sp³-hybridized carbons (Fsp3) is 0.143. The van der Waals surface area contributed by atoms with Crippen LogP contribution < -0.4 is 10.6 Å². The van der Waals surface area contributed by atoms with Crippen molar-refractivity contribution in [2.75, 3.05) is 5.32 Å². The normalized spacial score (nSPS) is 11.7. The molecule has 1 aromatic heterocycles. The van der Waals surface area contributed by atoms with E-state index in [4.69, 9.17) is 0 Å². The molecule has 1 heterocycles. The Morgan fingerprint density at radius 2 is 1.69 bits per heavy atom. The van der Waals surface area contributed by atoms with Gasteiger partial charge < -0.3 is 10.6 Å². The Morgan fingerprint density at radius 3 is 2.35 bits per heavy atom. The van der Waals surface area contributed by atoms with Crippen molar-refractivity contribution in [1.82, 2.24) is 10.3 Å². The molecule has 3 aromatic rings. The number of carbonyl (C=O) groups excluding carboxylic acids is 1. The van der Waals surface area contributed by atoms with E-state index in [2.05, 4.69) is 31.5 Å². The second-order valence-corrected chi connectivity index (χ2v) is 7.05. The van der Waals surface area contributed by atoms with Crippen LogP contribution >= 0.6 is 15.9 Å². The minimum atomic E-state index is -0.229. The van der Waals surface area contributed by atoms with Crippen molar-refractivity contribution in [3.05, 3.63) is 82.6 Å². The molecule has 0 fully saturated rings. The first-order valence-corrected chi connectivity index (χ1v) is 9.16. The Hall–Kier alpha value is -2.66. The Kier molecular flexibility index (Phi) is 5.68. The fourth-order valence-electron chi connectivity index (χ4n) is 2.67. The molecule has 3 rings (SSSR count). The highest BCUT2D eigenvalue weighted by Crippen LogP contribution is 2.22. The number of nitrogens with zero attached hydrogens (tertiary/aromatic N) is 1. The van der Waals surface area contributed by atoms with Crippen molar-refractivity contribution in [3.63, 3.8) is 0 Å². The molecule has 0 aliphatic carbocycles. The molecule has 132 valence electrons. The van der Waals surface area contributed by atoms with Crippen LogP contribution in [0.1, 0.15) is 24.2 Å². The third-order valence-corrected chi connectivity index (χ3v) is 4.62. The molecular formula is C21H20BrN3O. The molecule has 2 aromatic carbocycles. The molecule has 1 atom stereocenters. The molecule has 0 aliphatic rings. The molecule has 0 unspecified atom stereocenters. The smallest absolute Gasteiger partial charge is 0.319 e. The predicted molar refractivity (Wildman–Crippen MR) is 109 cm³/mol. The first-order valence-electron chi connectivity index (χ1n) is 8.37. The number of aromatic nitrogens is 1. The zero-order valence-electron chi connectivity index (χ0n) is 14.7. The lowest BCUT2D eigenvalue weighted by Crippen LogP contribution is -2.31. The summed E-state index contributed by atoms with van der Waals surface area (Å²) in [6, 6.07) is 19.4. The number of benzene rings is 2. The van der Waals surface area contributed by atoms with Crippen LogP contribution in [0, 0.1) is 6.92 Å². The summed E-state index contributed by atoms with van der Waals surface area (Å²) in [6.07, 6.45) is 1.80. The molecule has 0 spiro atoms. The molecule has 0 radical (unpaired) electrons. The van der Waals surface area contributed by atoms with E-state index >= 15 is 0 Å². The van der Waals surface area contributed by atoms with Gasteiger partial charge >= 0.3 is 6.03 Å². The number of carbonyl (C=O) groups is 1. The summed E-state index contributed by atoms with van der Waals surface area (Å²) in [4.78, 5) is 16.4. The van der Waals surface area contributed by atoms with Gasteiger partial charge in [0.05, 0.1) is 6.04 Å². The van der Waals surface area contributed by atoms with Crippen molar-refractivity contribution in [3.8, 4) is 11.1 Å². The standard InChI is InChI=1S/C21H20BrN3O/c1-14-13-18(11-12-23-14)17-5-9-20(10-6-17)25-21(26)24-15(2)16-3-7-19(22)8-4-16/h3-13,15H,1-2H3,(H2,24,25,26)/t15-/m0/s1. The number of nitrogens with one attached hydrogen (secondary N) is 2. The summed E-state index contributed by atoms with van der Waals surface area (Å²) < 4.78 is 1.02. The van der Waals surface area contributed by atoms with Crippen molar-refractivity contribution >= 4 is 27.6 Å². The van der Waals surface area contributed by atoms with Crippen LogP contribution in [-0.4, -0.2) is 11.0 Å². The van der Waals surface area contributed by atoms with Crippen molar-refractivity contribution < 1.29 is 4.79 Å². The number of aryl methyl sites for hydroxylation is 1. The highest BCUT2D eigenvalue weighted by Gasteiger charge is 2.09. The second kappa shape index (κ2) is 8.15. The van der Waals surface area contributed by atoms with Crippen LogP contribution in [0.25, 0.3) is 11.1 Å². The van der Waals surface area contributed by atoms with E-state index < -0.39 is 0 Å². The summed E-state index contributed by atoms with van der Waals surface area (Å²) >= 11 is 3.41. The lowest BCUT2D eigenvalue weighted by Gasteiger charge is -2.15. The maximum atomic E-state index is 12.2. The minimum absolute atomic E-state index is 0.0813. The molecular weight excluding hydrogens is 390 g/mol. The summed E-state index contributed by atoms with van der Waals surface area (Å²) in [7, 11) is 0. The Labute approximate surface area is 161 Å². The number of amides is 2. The SMILES string of the molecule is Cc1cc(-c2ccc(NC(=O)N[C@@H](C)c3ccc(Br)cc3)cc2)ccn1. The zero-order chi connectivity index (χ0) is 18.5. The third kappa shape index (κ3) is 4.70. The monoisotopic (exact) mass is 409 g/mol. The molecule has 2 N–H and O–H groups in total. The number of urea groups is 1. The van der Waals surface area contributed by atoms with Gasteiger partial charge in [-0.3, -0.25) is 4.98 Å². The fourth-order valence-corrected chi connectivity index (χ4v) is 2.93. The average Bonchev–Trinajstić information content (AvgIpc) is 2.62. The number of pyridine rings is 1. The molecule has 0 saturated heterocycles. The number of rotatable bonds is 4. The van der Waals surface area contributed by atoms with Crippen LogP contribution in [0.4, 0.5) is 10.5 Å². The average molecular weight is 410 g/mol. The molecule has 0 bridgehead atoms. The highest BCUT2D eigenvalue weighted by atomic mass is 79.9. The zero-order valence-corrected chi connectivity index (χ0v) is 16.2. The van der Waals surface area contributed by atoms with Crippen LogP contribution in [0.15, 0.2) is 71.3 Å². The molecule has 0 aliphatic heterocycles. The number of anilines is 1. The Morgan fingerprint density at radius 1 is 1.00 bits per heavy atom. The van der Waals surface area contributed by atoms with Gasteiger partial charge in [-0.05, 0) is 66.9 Å². The van der Waals surface area contributed by atoms with Gasteiger partial charge in [-0.1, -0.05) is 40.2 Å². The molecule has 4 nitrogen and oxygen atoms in total. The van der Waals surface area contributed by atoms with Crippen molar-refractivity contribution in [2.45, 2.75) is 19.9 Å². The number of halogens is 1. The van der Waals surface area contributed by atoms with E-state index in [1.807, 2.05) is 74.5 Å². The van der Waals surface area contributed by atoms with Gasteiger partial charge in [-0.2, -0.15) is 0 Å². The summed E-state index contributed by atoms with van der Waals surface area (Å²) in [6.45, 7) is 3.92.